The molecule has 0 bridgehead atoms. The monoisotopic (exact) mass is 177 g/mol. The van der Waals surface area contributed by atoms with E-state index in [1.54, 1.807) is 0 Å². The van der Waals surface area contributed by atoms with Crippen molar-refractivity contribution in [1.29, 1.82) is 0 Å². The molecular weight excluding hydrogens is 165 g/mol. The lowest BCUT2D eigenvalue weighted by Crippen LogP contribution is -2.03. The van der Waals surface area contributed by atoms with Crippen LogP contribution in [-0.2, 0) is 13.6 Å². The molecule has 0 unspecified atom stereocenters. The van der Waals surface area contributed by atoms with Crippen LogP contribution in [0.2, 0.25) is 0 Å². The zero-order chi connectivity index (χ0) is 8.74. The van der Waals surface area contributed by atoms with Crippen molar-refractivity contribution in [3.05, 3.63) is 25.3 Å². The Balaban J connectivity index is 3.69. The molecule has 0 heterocycles. The maximum Gasteiger partial charge on any atom is 0.403 e. The number of nitrogens with two attached hydrogens (primary N) is 1. The van der Waals surface area contributed by atoms with E-state index >= 15 is 0 Å². The fourth-order valence-electron chi connectivity index (χ4n) is 0.350. The second-order valence-corrected chi connectivity index (χ2v) is 3.30. The van der Waals surface area contributed by atoms with E-state index in [9.17, 15) is 4.57 Å². The van der Waals surface area contributed by atoms with Crippen LogP contribution in [0.3, 0.4) is 0 Å². The summed E-state index contributed by atoms with van der Waals surface area (Å²) in [5, 5.41) is 0. The molecule has 0 rings (SSSR count). The van der Waals surface area contributed by atoms with Crippen molar-refractivity contribution >= 4 is 7.75 Å². The Hall–Kier alpha value is -0.410. The summed E-state index contributed by atoms with van der Waals surface area (Å²) in [6, 6.07) is 0. The lowest BCUT2D eigenvalue weighted by molar-refractivity contribution is 0.238. The topological polar surface area (TPSA) is 61.5 Å². The summed E-state index contributed by atoms with van der Waals surface area (Å²) in [4.78, 5) is 0. The van der Waals surface area contributed by atoms with Gasteiger partial charge in [0.1, 0.15) is 0 Å². The van der Waals surface area contributed by atoms with E-state index in [1.165, 1.54) is 12.2 Å². The summed E-state index contributed by atoms with van der Waals surface area (Å²) in [6.07, 6.45) is 2.88. The van der Waals surface area contributed by atoms with Crippen molar-refractivity contribution in [2.75, 3.05) is 13.2 Å². The predicted octanol–water partition coefficient (Wildman–Crippen LogP) is 1.46. The van der Waals surface area contributed by atoms with Gasteiger partial charge in [-0.2, -0.15) is 0 Å². The summed E-state index contributed by atoms with van der Waals surface area (Å²) in [6.45, 7) is 6.97. The van der Waals surface area contributed by atoms with Gasteiger partial charge in [-0.05, 0) is 0 Å². The zero-order valence-electron chi connectivity index (χ0n) is 6.23. The molecule has 0 atom stereocenters. The highest BCUT2D eigenvalue weighted by molar-refractivity contribution is 7.51. The van der Waals surface area contributed by atoms with Crippen LogP contribution in [-0.4, -0.2) is 13.2 Å². The van der Waals surface area contributed by atoms with E-state index in [-0.39, 0.29) is 13.2 Å². The molecule has 0 spiro atoms. The van der Waals surface area contributed by atoms with Gasteiger partial charge in [0.2, 0.25) is 0 Å². The molecule has 0 saturated heterocycles. The highest BCUT2D eigenvalue weighted by atomic mass is 31.2. The lowest BCUT2D eigenvalue weighted by atomic mass is 10.7. The van der Waals surface area contributed by atoms with Gasteiger partial charge >= 0.3 is 7.75 Å². The van der Waals surface area contributed by atoms with Crippen LogP contribution in [0.15, 0.2) is 25.3 Å². The van der Waals surface area contributed by atoms with E-state index in [0.717, 1.165) is 0 Å². The van der Waals surface area contributed by atoms with Gasteiger partial charge in [-0.1, -0.05) is 12.2 Å². The molecular formula is C6H12NO3P. The molecule has 0 saturated carbocycles. The van der Waals surface area contributed by atoms with Gasteiger partial charge in [0.05, 0.1) is 13.2 Å². The Morgan fingerprint density at radius 1 is 1.27 bits per heavy atom. The summed E-state index contributed by atoms with van der Waals surface area (Å²) in [5.74, 6) is 0. The van der Waals surface area contributed by atoms with E-state index in [2.05, 4.69) is 22.2 Å². The SMILES string of the molecule is C=CCOP(N)(=O)OCC=C. The molecule has 0 amide bonds. The fourth-order valence-corrected chi connectivity index (χ4v) is 1.05. The van der Waals surface area contributed by atoms with Gasteiger partial charge in [-0.3, -0.25) is 9.05 Å². The van der Waals surface area contributed by atoms with Crippen molar-refractivity contribution < 1.29 is 13.6 Å². The first kappa shape index (κ1) is 10.6. The minimum atomic E-state index is -3.37. The minimum absolute atomic E-state index is 0.116. The molecule has 0 radical (unpaired) electrons. The van der Waals surface area contributed by atoms with E-state index in [0.29, 0.717) is 0 Å². The summed E-state index contributed by atoms with van der Waals surface area (Å²) in [7, 11) is -3.37. The third kappa shape index (κ3) is 6.01. The molecule has 0 aromatic rings. The molecule has 5 heteroatoms. The van der Waals surface area contributed by atoms with Crippen molar-refractivity contribution in [1.82, 2.24) is 0 Å². The van der Waals surface area contributed by atoms with Crippen LogP contribution in [0.25, 0.3) is 0 Å². The Labute approximate surface area is 66.3 Å². The van der Waals surface area contributed by atoms with Crippen molar-refractivity contribution in [2.24, 2.45) is 5.50 Å². The molecule has 0 fully saturated rings. The molecule has 64 valence electrons. The molecule has 11 heavy (non-hydrogen) atoms. The molecule has 0 aliphatic carbocycles. The molecule has 4 nitrogen and oxygen atoms in total. The standard InChI is InChI=1S/C6H12NO3P/c1-3-5-9-11(7,8)10-6-4-2/h3-4H,1-2,5-6H2,(H2,7,8). The second-order valence-electron chi connectivity index (χ2n) is 1.71. The van der Waals surface area contributed by atoms with Gasteiger partial charge < -0.3 is 0 Å². The fraction of sp³-hybridized carbons (Fsp3) is 0.333. The van der Waals surface area contributed by atoms with E-state index in [1.807, 2.05) is 0 Å². The highest BCUT2D eigenvalue weighted by Crippen LogP contribution is 2.38. The van der Waals surface area contributed by atoms with Gasteiger partial charge in [0, 0.05) is 0 Å². The number of hydrogen-bond donors (Lipinski definition) is 1. The summed E-state index contributed by atoms with van der Waals surface area (Å²) in [5.41, 5.74) is 5.10. The molecule has 0 aliphatic heterocycles. The van der Waals surface area contributed by atoms with Gasteiger partial charge in [0.25, 0.3) is 0 Å². The van der Waals surface area contributed by atoms with Crippen molar-refractivity contribution in [3.63, 3.8) is 0 Å². The van der Waals surface area contributed by atoms with Gasteiger partial charge in [0.15, 0.2) is 0 Å². The second kappa shape index (κ2) is 5.27. The highest BCUT2D eigenvalue weighted by Gasteiger charge is 2.15. The van der Waals surface area contributed by atoms with Crippen LogP contribution in [0.1, 0.15) is 0 Å². The Morgan fingerprint density at radius 2 is 1.64 bits per heavy atom. The predicted molar refractivity (Wildman–Crippen MR) is 44.1 cm³/mol. The first-order chi connectivity index (χ1) is 5.12. The zero-order valence-corrected chi connectivity index (χ0v) is 7.13. The van der Waals surface area contributed by atoms with Crippen LogP contribution in [0.4, 0.5) is 0 Å². The number of hydrogen-bond acceptors (Lipinski definition) is 3. The molecule has 0 aromatic heterocycles. The Bertz CT molecular complexity index is 165. The average molecular weight is 177 g/mol. The quantitative estimate of drug-likeness (QED) is 0.492. The summed E-state index contributed by atoms with van der Waals surface area (Å²) >= 11 is 0. The van der Waals surface area contributed by atoms with Crippen molar-refractivity contribution in [3.8, 4) is 0 Å². The smallest absolute Gasteiger partial charge is 0.293 e. The molecule has 0 aromatic carbocycles. The number of rotatable bonds is 6. The van der Waals surface area contributed by atoms with E-state index < -0.39 is 7.75 Å². The van der Waals surface area contributed by atoms with Gasteiger partial charge in [-0.25, -0.2) is 10.1 Å². The van der Waals surface area contributed by atoms with Crippen LogP contribution in [0, 0.1) is 0 Å². The van der Waals surface area contributed by atoms with Crippen LogP contribution >= 0.6 is 7.75 Å². The average Bonchev–Trinajstić information content (AvgIpc) is 1.97. The maximum absolute atomic E-state index is 11.0. The first-order valence-corrected chi connectivity index (χ1v) is 4.63. The lowest BCUT2D eigenvalue weighted by Gasteiger charge is -2.09. The normalized spacial score (nSPS) is 11.0. The Kier molecular flexibility index (Phi) is 5.07. The van der Waals surface area contributed by atoms with Crippen LogP contribution < -0.4 is 5.50 Å². The van der Waals surface area contributed by atoms with Gasteiger partial charge in [-0.15, -0.1) is 13.2 Å². The van der Waals surface area contributed by atoms with E-state index in [4.69, 9.17) is 5.50 Å². The largest absolute Gasteiger partial charge is 0.403 e. The maximum atomic E-state index is 11.0. The Morgan fingerprint density at radius 3 is 1.91 bits per heavy atom. The molecule has 2 N–H and O–H groups in total. The summed E-state index contributed by atoms with van der Waals surface area (Å²) < 4.78 is 20.2. The third-order valence-electron chi connectivity index (χ3n) is 0.745. The first-order valence-electron chi connectivity index (χ1n) is 3.02. The van der Waals surface area contributed by atoms with Crippen LogP contribution in [0.5, 0.6) is 0 Å². The minimum Gasteiger partial charge on any atom is -0.293 e. The van der Waals surface area contributed by atoms with Crippen molar-refractivity contribution in [2.45, 2.75) is 0 Å². The molecule has 0 aliphatic rings. The third-order valence-corrected chi connectivity index (χ3v) is 1.76.